The van der Waals surface area contributed by atoms with Gasteiger partial charge in [0, 0.05) is 11.0 Å². The van der Waals surface area contributed by atoms with Gasteiger partial charge in [-0.3, -0.25) is 0 Å². The van der Waals surface area contributed by atoms with Crippen molar-refractivity contribution in [2.24, 2.45) is 5.92 Å². The van der Waals surface area contributed by atoms with E-state index in [1.165, 1.54) is 15.6 Å². The number of hydrogen-bond acceptors (Lipinski definition) is 2. The molecule has 1 aromatic carbocycles. The number of aliphatic hydroxyl groups excluding tert-OH is 1. The number of halogens is 1. The smallest absolute Gasteiger partial charge is 0.0543 e. The fourth-order valence-corrected chi connectivity index (χ4v) is 2.83. The first-order valence-corrected chi connectivity index (χ1v) is 7.08. The molecule has 3 heteroatoms. The lowest BCUT2D eigenvalue weighted by atomic mass is 10.1. The third-order valence-corrected chi connectivity index (χ3v) is 4.37. The van der Waals surface area contributed by atoms with Crippen molar-refractivity contribution < 1.29 is 5.11 Å². The van der Waals surface area contributed by atoms with Gasteiger partial charge in [0.25, 0.3) is 0 Å². The molecule has 1 aliphatic rings. The molecule has 0 radical (unpaired) electrons. The molecule has 0 saturated heterocycles. The first-order chi connectivity index (χ1) is 8.15. The maximum absolute atomic E-state index is 9.45. The van der Waals surface area contributed by atoms with E-state index in [2.05, 4.69) is 46.4 Å². The zero-order valence-electron chi connectivity index (χ0n) is 10.2. The Hall–Kier alpha value is -0.380. The number of hydrogen-bond donors (Lipinski definition) is 2. The Balaban J connectivity index is 1.76. The monoisotopic (exact) mass is 297 g/mol. The largest absolute Gasteiger partial charge is 0.393 e. The summed E-state index contributed by atoms with van der Waals surface area (Å²) in [6.45, 7) is 4.02. The van der Waals surface area contributed by atoms with E-state index in [9.17, 15) is 5.11 Å². The Morgan fingerprint density at radius 2 is 2.24 bits per heavy atom. The van der Waals surface area contributed by atoms with Gasteiger partial charge in [0.15, 0.2) is 0 Å². The van der Waals surface area contributed by atoms with Gasteiger partial charge >= 0.3 is 0 Å². The van der Waals surface area contributed by atoms with Crippen LogP contribution in [0.3, 0.4) is 0 Å². The highest BCUT2D eigenvalue weighted by molar-refractivity contribution is 9.10. The van der Waals surface area contributed by atoms with E-state index in [1.54, 1.807) is 0 Å². The summed E-state index contributed by atoms with van der Waals surface area (Å²) in [5.41, 5.74) is 2.58. The lowest BCUT2D eigenvalue weighted by Gasteiger charge is -2.11. The summed E-state index contributed by atoms with van der Waals surface area (Å²) in [6.07, 6.45) is 3.04. The molecule has 17 heavy (non-hydrogen) atoms. The zero-order chi connectivity index (χ0) is 12.3. The van der Waals surface area contributed by atoms with Crippen LogP contribution in [0.1, 0.15) is 30.4 Å². The van der Waals surface area contributed by atoms with E-state index in [0.29, 0.717) is 5.92 Å². The number of benzene rings is 1. The van der Waals surface area contributed by atoms with Crippen molar-refractivity contribution in [3.8, 4) is 0 Å². The molecule has 0 heterocycles. The average molecular weight is 298 g/mol. The van der Waals surface area contributed by atoms with E-state index in [4.69, 9.17) is 0 Å². The van der Waals surface area contributed by atoms with Crippen LogP contribution >= 0.6 is 15.9 Å². The normalized spacial score (nSPS) is 24.2. The second-order valence-corrected chi connectivity index (χ2v) is 5.90. The van der Waals surface area contributed by atoms with Crippen molar-refractivity contribution in [3.63, 3.8) is 0 Å². The highest BCUT2D eigenvalue weighted by Crippen LogP contribution is 2.24. The molecule has 0 amide bonds. The van der Waals surface area contributed by atoms with Crippen LogP contribution in [0.4, 0.5) is 0 Å². The molecule has 0 bridgehead atoms. The third-order valence-electron chi connectivity index (χ3n) is 3.51. The van der Waals surface area contributed by atoms with Crippen molar-refractivity contribution in [1.82, 2.24) is 5.32 Å². The van der Waals surface area contributed by atoms with E-state index < -0.39 is 0 Å². The molecule has 2 nitrogen and oxygen atoms in total. The van der Waals surface area contributed by atoms with Crippen LogP contribution in [0.15, 0.2) is 22.7 Å². The van der Waals surface area contributed by atoms with Crippen LogP contribution in [0, 0.1) is 12.8 Å². The van der Waals surface area contributed by atoms with Gasteiger partial charge in [0.2, 0.25) is 0 Å². The van der Waals surface area contributed by atoms with E-state index >= 15 is 0 Å². The minimum absolute atomic E-state index is 0.0599. The summed E-state index contributed by atoms with van der Waals surface area (Å²) < 4.78 is 1.17. The fraction of sp³-hybridized carbons (Fsp3) is 0.571. The molecule has 2 unspecified atom stereocenters. The van der Waals surface area contributed by atoms with E-state index in [0.717, 1.165) is 32.4 Å². The standard InChI is InChI=1S/C14H20BrNO/c1-10-2-3-12(7-14(10)15)9-16-8-11-4-5-13(17)6-11/h2-3,7,11,13,16-17H,4-6,8-9H2,1H3. The van der Waals surface area contributed by atoms with Crippen LogP contribution < -0.4 is 5.32 Å². The van der Waals surface area contributed by atoms with Crippen LogP contribution in [0.5, 0.6) is 0 Å². The van der Waals surface area contributed by atoms with Crippen molar-refractivity contribution in [2.75, 3.05) is 6.54 Å². The van der Waals surface area contributed by atoms with Gasteiger partial charge in [-0.05, 0) is 55.8 Å². The van der Waals surface area contributed by atoms with Crippen molar-refractivity contribution in [2.45, 2.75) is 38.8 Å². The Labute approximate surface area is 112 Å². The molecule has 1 fully saturated rings. The Bertz CT molecular complexity index is 380. The van der Waals surface area contributed by atoms with E-state index in [1.807, 2.05) is 0 Å². The molecular formula is C14H20BrNO. The number of nitrogens with one attached hydrogen (secondary N) is 1. The van der Waals surface area contributed by atoms with Gasteiger partial charge in [-0.15, -0.1) is 0 Å². The lowest BCUT2D eigenvalue weighted by Crippen LogP contribution is -2.21. The summed E-state index contributed by atoms with van der Waals surface area (Å²) in [7, 11) is 0. The van der Waals surface area contributed by atoms with Crippen molar-refractivity contribution in [1.29, 1.82) is 0 Å². The van der Waals surface area contributed by atoms with Gasteiger partial charge in [-0.25, -0.2) is 0 Å². The number of rotatable bonds is 4. The first kappa shape index (κ1) is 13.1. The molecule has 2 N–H and O–H groups in total. The predicted molar refractivity (Wildman–Crippen MR) is 73.9 cm³/mol. The van der Waals surface area contributed by atoms with Crippen LogP contribution in [-0.4, -0.2) is 17.8 Å². The minimum atomic E-state index is -0.0599. The molecule has 1 aliphatic carbocycles. The second-order valence-electron chi connectivity index (χ2n) is 5.05. The summed E-state index contributed by atoms with van der Waals surface area (Å²) in [5, 5.41) is 12.9. The molecule has 2 rings (SSSR count). The molecule has 2 atom stereocenters. The van der Waals surface area contributed by atoms with Crippen molar-refractivity contribution in [3.05, 3.63) is 33.8 Å². The third kappa shape index (κ3) is 3.80. The first-order valence-electron chi connectivity index (χ1n) is 6.29. The average Bonchev–Trinajstić information content (AvgIpc) is 2.70. The predicted octanol–water partition coefficient (Wildman–Crippen LogP) is 3.01. The Kier molecular flexibility index (Phi) is 4.60. The molecule has 94 valence electrons. The summed E-state index contributed by atoms with van der Waals surface area (Å²) in [4.78, 5) is 0. The molecule has 0 aliphatic heterocycles. The fourth-order valence-electron chi connectivity index (χ4n) is 2.40. The lowest BCUT2D eigenvalue weighted by molar-refractivity contribution is 0.177. The molecular weight excluding hydrogens is 278 g/mol. The van der Waals surface area contributed by atoms with Gasteiger partial charge in [0.05, 0.1) is 6.10 Å². The quantitative estimate of drug-likeness (QED) is 0.895. The van der Waals surface area contributed by atoms with Gasteiger partial charge in [0.1, 0.15) is 0 Å². The summed E-state index contributed by atoms with van der Waals surface area (Å²) >= 11 is 3.55. The maximum atomic E-state index is 9.45. The Morgan fingerprint density at radius 3 is 2.88 bits per heavy atom. The van der Waals surface area contributed by atoms with Crippen LogP contribution in [0.25, 0.3) is 0 Å². The maximum Gasteiger partial charge on any atom is 0.0543 e. The zero-order valence-corrected chi connectivity index (χ0v) is 11.8. The van der Waals surface area contributed by atoms with Crippen molar-refractivity contribution >= 4 is 15.9 Å². The van der Waals surface area contributed by atoms with Crippen LogP contribution in [-0.2, 0) is 6.54 Å². The SMILES string of the molecule is Cc1ccc(CNCC2CCC(O)C2)cc1Br. The van der Waals surface area contributed by atoms with Gasteiger partial charge in [-0.2, -0.15) is 0 Å². The highest BCUT2D eigenvalue weighted by atomic mass is 79.9. The summed E-state index contributed by atoms with van der Waals surface area (Å²) in [5.74, 6) is 0.652. The molecule has 1 saturated carbocycles. The Morgan fingerprint density at radius 1 is 1.41 bits per heavy atom. The van der Waals surface area contributed by atoms with E-state index in [-0.39, 0.29) is 6.10 Å². The summed E-state index contributed by atoms with van der Waals surface area (Å²) in [6, 6.07) is 6.48. The molecule has 0 aromatic heterocycles. The number of aryl methyl sites for hydroxylation is 1. The van der Waals surface area contributed by atoms with Gasteiger partial charge in [-0.1, -0.05) is 28.1 Å². The molecule has 0 spiro atoms. The van der Waals surface area contributed by atoms with Gasteiger partial charge < -0.3 is 10.4 Å². The topological polar surface area (TPSA) is 32.3 Å². The minimum Gasteiger partial charge on any atom is -0.393 e. The highest BCUT2D eigenvalue weighted by Gasteiger charge is 2.21. The second kappa shape index (κ2) is 5.98. The number of aliphatic hydroxyl groups is 1. The van der Waals surface area contributed by atoms with Crippen LogP contribution in [0.2, 0.25) is 0 Å². The molecule has 1 aromatic rings.